The maximum atomic E-state index is 11.7. The Kier molecular flexibility index (Phi) is 10.6. The normalized spacial score (nSPS) is 13.6. The van der Waals surface area contributed by atoms with E-state index in [0.29, 0.717) is 19.0 Å². The predicted octanol–water partition coefficient (Wildman–Crippen LogP) is 2.12. The summed E-state index contributed by atoms with van der Waals surface area (Å²) in [7, 11) is -3.11. The lowest BCUT2D eigenvalue weighted by Crippen LogP contribution is -2.48. The fourth-order valence-corrected chi connectivity index (χ4v) is 1.63. The Morgan fingerprint density at radius 3 is 2.10 bits per heavy atom. The van der Waals surface area contributed by atoms with Gasteiger partial charge in [-0.05, 0) is 40.9 Å². The van der Waals surface area contributed by atoms with Crippen LogP contribution in [0.25, 0.3) is 0 Å². The SMILES string of the molecule is CCNC(=NCC(C)(C)SC)NCC(C)(C)S(C)(=O)=O.I. The molecule has 0 aliphatic heterocycles. The van der Waals surface area contributed by atoms with Gasteiger partial charge in [-0.15, -0.1) is 24.0 Å². The smallest absolute Gasteiger partial charge is 0.191 e. The first-order valence-electron chi connectivity index (χ1n) is 6.72. The molecule has 0 aliphatic rings. The minimum atomic E-state index is -3.11. The molecule has 21 heavy (non-hydrogen) atoms. The zero-order valence-electron chi connectivity index (χ0n) is 14.1. The lowest BCUT2D eigenvalue weighted by atomic mass is 10.2. The van der Waals surface area contributed by atoms with Gasteiger partial charge < -0.3 is 10.6 Å². The van der Waals surface area contributed by atoms with Gasteiger partial charge in [-0.25, -0.2) is 8.42 Å². The van der Waals surface area contributed by atoms with Crippen molar-refractivity contribution in [3.63, 3.8) is 0 Å². The second-order valence-corrected chi connectivity index (χ2v) is 10.2. The first kappa shape index (κ1) is 23.6. The fourth-order valence-electron chi connectivity index (χ4n) is 1.10. The van der Waals surface area contributed by atoms with Gasteiger partial charge >= 0.3 is 0 Å². The summed E-state index contributed by atoms with van der Waals surface area (Å²) in [5.74, 6) is 0.659. The van der Waals surface area contributed by atoms with Crippen molar-refractivity contribution in [1.29, 1.82) is 0 Å². The molecule has 0 aromatic carbocycles. The van der Waals surface area contributed by atoms with Crippen LogP contribution in [0.4, 0.5) is 0 Å². The average molecular weight is 451 g/mol. The first-order chi connectivity index (χ1) is 8.95. The highest BCUT2D eigenvalue weighted by Crippen LogP contribution is 2.21. The highest BCUT2D eigenvalue weighted by molar-refractivity contribution is 14.0. The number of thioether (sulfide) groups is 1. The van der Waals surface area contributed by atoms with Gasteiger partial charge in [0.1, 0.15) is 0 Å². The Balaban J connectivity index is 0. The molecule has 0 rings (SSSR count). The third-order valence-electron chi connectivity index (χ3n) is 3.20. The maximum Gasteiger partial charge on any atom is 0.191 e. The number of sulfone groups is 1. The Morgan fingerprint density at radius 1 is 1.19 bits per heavy atom. The second-order valence-electron chi connectivity index (χ2n) is 6.04. The quantitative estimate of drug-likeness (QED) is 0.353. The molecule has 0 atom stereocenters. The number of nitrogens with one attached hydrogen (secondary N) is 2. The molecular weight excluding hydrogens is 421 g/mol. The van der Waals surface area contributed by atoms with E-state index in [2.05, 4.69) is 35.7 Å². The van der Waals surface area contributed by atoms with E-state index in [9.17, 15) is 8.42 Å². The molecule has 0 fully saturated rings. The summed E-state index contributed by atoms with van der Waals surface area (Å²) in [6.45, 7) is 11.4. The van der Waals surface area contributed by atoms with E-state index in [1.54, 1.807) is 25.6 Å². The van der Waals surface area contributed by atoms with Crippen LogP contribution in [0.5, 0.6) is 0 Å². The van der Waals surface area contributed by atoms with Gasteiger partial charge in [-0.3, -0.25) is 4.99 Å². The number of hydrogen-bond donors (Lipinski definition) is 2. The van der Waals surface area contributed by atoms with Crippen LogP contribution >= 0.6 is 35.7 Å². The molecule has 0 aliphatic carbocycles. The molecule has 0 bridgehead atoms. The van der Waals surface area contributed by atoms with Gasteiger partial charge in [-0.1, -0.05) is 0 Å². The van der Waals surface area contributed by atoms with Crippen molar-refractivity contribution in [1.82, 2.24) is 10.6 Å². The zero-order chi connectivity index (χ0) is 16.0. The average Bonchev–Trinajstić information content (AvgIpc) is 2.31. The van der Waals surface area contributed by atoms with E-state index in [1.165, 1.54) is 6.26 Å². The van der Waals surface area contributed by atoms with Crippen LogP contribution < -0.4 is 10.6 Å². The maximum absolute atomic E-state index is 11.7. The summed E-state index contributed by atoms with van der Waals surface area (Å²) < 4.78 is 22.6. The molecular formula is C13H30IN3O2S2. The molecule has 0 spiro atoms. The van der Waals surface area contributed by atoms with E-state index in [1.807, 2.05) is 6.92 Å². The number of aliphatic imine (C=N–C) groups is 1. The molecule has 0 saturated carbocycles. The molecule has 2 N–H and O–H groups in total. The van der Waals surface area contributed by atoms with Crippen molar-refractivity contribution >= 4 is 51.5 Å². The third kappa shape index (κ3) is 9.12. The molecule has 0 heterocycles. The molecule has 0 unspecified atom stereocenters. The fraction of sp³-hybridized carbons (Fsp3) is 0.923. The summed E-state index contributed by atoms with van der Waals surface area (Å²) in [5.41, 5.74) is 0. The minimum absolute atomic E-state index is 0. The molecule has 0 aromatic rings. The predicted molar refractivity (Wildman–Crippen MR) is 106 cm³/mol. The highest BCUT2D eigenvalue weighted by atomic mass is 127. The zero-order valence-corrected chi connectivity index (χ0v) is 18.1. The summed E-state index contributed by atoms with van der Waals surface area (Å²) in [6.07, 6.45) is 3.32. The number of halogens is 1. The van der Waals surface area contributed by atoms with Crippen molar-refractivity contribution in [2.75, 3.05) is 32.1 Å². The Morgan fingerprint density at radius 2 is 1.71 bits per heavy atom. The Bertz CT molecular complexity index is 435. The van der Waals surface area contributed by atoms with E-state index < -0.39 is 14.6 Å². The van der Waals surface area contributed by atoms with Crippen molar-refractivity contribution in [3.05, 3.63) is 0 Å². The van der Waals surface area contributed by atoms with Crippen molar-refractivity contribution in [2.45, 2.75) is 44.1 Å². The van der Waals surface area contributed by atoms with Crippen LogP contribution in [0, 0.1) is 0 Å². The lowest BCUT2D eigenvalue weighted by Gasteiger charge is -2.25. The summed E-state index contributed by atoms with van der Waals surface area (Å²) in [6, 6.07) is 0. The standard InChI is InChI=1S/C13H29N3O2S2.HI/c1-8-14-11(15-9-12(2,3)19-6)16-10-13(4,5)20(7,17)18;/h8-10H2,1-7H3,(H2,14,15,16);1H. The molecule has 128 valence electrons. The van der Waals surface area contributed by atoms with E-state index >= 15 is 0 Å². The second kappa shape index (κ2) is 9.44. The van der Waals surface area contributed by atoms with Crippen LogP contribution in [0.15, 0.2) is 4.99 Å². The van der Waals surface area contributed by atoms with Crippen LogP contribution in [-0.2, 0) is 9.84 Å². The molecule has 0 aromatic heterocycles. The monoisotopic (exact) mass is 451 g/mol. The minimum Gasteiger partial charge on any atom is -0.357 e. The molecule has 0 amide bonds. The number of guanidine groups is 1. The number of hydrogen-bond acceptors (Lipinski definition) is 4. The van der Waals surface area contributed by atoms with Crippen molar-refractivity contribution in [3.8, 4) is 0 Å². The van der Waals surface area contributed by atoms with Crippen molar-refractivity contribution in [2.24, 2.45) is 4.99 Å². The lowest BCUT2D eigenvalue weighted by molar-refractivity contribution is 0.544. The van der Waals surface area contributed by atoms with E-state index in [4.69, 9.17) is 0 Å². The molecule has 8 heteroatoms. The molecule has 0 saturated heterocycles. The van der Waals surface area contributed by atoms with E-state index in [0.717, 1.165) is 6.54 Å². The topological polar surface area (TPSA) is 70.6 Å². The van der Waals surface area contributed by atoms with Gasteiger partial charge in [-0.2, -0.15) is 11.8 Å². The number of rotatable bonds is 7. The van der Waals surface area contributed by atoms with Crippen molar-refractivity contribution < 1.29 is 8.42 Å². The van der Waals surface area contributed by atoms with Gasteiger partial charge in [0.25, 0.3) is 0 Å². The van der Waals surface area contributed by atoms with E-state index in [-0.39, 0.29) is 28.7 Å². The van der Waals surface area contributed by atoms with Crippen LogP contribution in [-0.4, -0.2) is 56.0 Å². The Hall–Kier alpha value is 0.300. The molecule has 5 nitrogen and oxygen atoms in total. The Labute approximate surface area is 151 Å². The van der Waals surface area contributed by atoms with Gasteiger partial charge in [0.05, 0.1) is 11.3 Å². The van der Waals surface area contributed by atoms with Gasteiger partial charge in [0.2, 0.25) is 0 Å². The van der Waals surface area contributed by atoms with Gasteiger partial charge in [0, 0.05) is 24.1 Å². The highest BCUT2D eigenvalue weighted by Gasteiger charge is 2.30. The van der Waals surface area contributed by atoms with Crippen LogP contribution in [0.3, 0.4) is 0 Å². The summed E-state index contributed by atoms with van der Waals surface area (Å²) in [5, 5.41) is 6.25. The first-order valence-corrected chi connectivity index (χ1v) is 9.84. The van der Waals surface area contributed by atoms with Crippen LogP contribution in [0.2, 0.25) is 0 Å². The molecule has 0 radical (unpaired) electrons. The largest absolute Gasteiger partial charge is 0.357 e. The van der Waals surface area contributed by atoms with Crippen LogP contribution in [0.1, 0.15) is 34.6 Å². The third-order valence-corrected chi connectivity index (χ3v) is 6.59. The summed E-state index contributed by atoms with van der Waals surface area (Å²) >= 11 is 1.76. The van der Waals surface area contributed by atoms with Gasteiger partial charge in [0.15, 0.2) is 15.8 Å². The number of nitrogens with zero attached hydrogens (tertiary/aromatic N) is 1. The summed E-state index contributed by atoms with van der Waals surface area (Å²) in [4.78, 5) is 4.52.